The van der Waals surface area contributed by atoms with Gasteiger partial charge < -0.3 is 15.5 Å². The normalized spacial score (nSPS) is 19.3. The number of nitrogens with one attached hydrogen (secondary N) is 2. The van der Waals surface area contributed by atoms with E-state index in [1.54, 1.807) is 36.2 Å². The lowest BCUT2D eigenvalue weighted by atomic mass is 9.93. The lowest BCUT2D eigenvalue weighted by Gasteiger charge is -2.25. The Bertz CT molecular complexity index is 835. The van der Waals surface area contributed by atoms with E-state index in [0.29, 0.717) is 11.4 Å². The van der Waals surface area contributed by atoms with E-state index in [1.165, 1.54) is 6.92 Å². The van der Waals surface area contributed by atoms with Crippen LogP contribution in [-0.4, -0.2) is 29.7 Å². The first-order valence-electron chi connectivity index (χ1n) is 8.45. The maximum absolute atomic E-state index is 12.8. The molecule has 1 heterocycles. The molecule has 1 aliphatic heterocycles. The summed E-state index contributed by atoms with van der Waals surface area (Å²) in [5.74, 6) is -0.914. The van der Waals surface area contributed by atoms with Crippen LogP contribution in [0.25, 0.3) is 0 Å². The summed E-state index contributed by atoms with van der Waals surface area (Å²) < 4.78 is 0. The molecule has 0 unspecified atom stereocenters. The van der Waals surface area contributed by atoms with Crippen molar-refractivity contribution >= 4 is 29.1 Å². The van der Waals surface area contributed by atoms with Crippen LogP contribution in [0.4, 0.5) is 11.4 Å². The van der Waals surface area contributed by atoms with Crippen LogP contribution in [0.1, 0.15) is 24.9 Å². The van der Waals surface area contributed by atoms with Crippen LogP contribution < -0.4 is 10.6 Å². The van der Waals surface area contributed by atoms with E-state index in [2.05, 4.69) is 10.6 Å². The summed E-state index contributed by atoms with van der Waals surface area (Å²) in [6.07, 6.45) is 0.174. The fraction of sp³-hybridized carbons (Fsp3) is 0.250. The number of nitrogens with zero attached hydrogens (tertiary/aromatic N) is 1. The Labute approximate surface area is 152 Å². The summed E-state index contributed by atoms with van der Waals surface area (Å²) in [6.45, 7) is 1.43. The van der Waals surface area contributed by atoms with Gasteiger partial charge in [0.2, 0.25) is 17.7 Å². The zero-order chi connectivity index (χ0) is 18.7. The van der Waals surface area contributed by atoms with Crippen LogP contribution in [-0.2, 0) is 14.4 Å². The molecule has 1 saturated heterocycles. The summed E-state index contributed by atoms with van der Waals surface area (Å²) >= 11 is 0. The maximum Gasteiger partial charge on any atom is 0.230 e. The number of carbonyl (C=O) groups is 3. The number of benzene rings is 2. The Morgan fingerprint density at radius 3 is 2.31 bits per heavy atom. The van der Waals surface area contributed by atoms with Gasteiger partial charge in [0.25, 0.3) is 0 Å². The first-order valence-corrected chi connectivity index (χ1v) is 8.45. The molecule has 0 aromatic heterocycles. The Balaban J connectivity index is 1.80. The molecule has 2 N–H and O–H groups in total. The molecule has 0 radical (unpaired) electrons. The molecule has 1 fully saturated rings. The second kappa shape index (κ2) is 7.39. The van der Waals surface area contributed by atoms with Gasteiger partial charge in [-0.2, -0.15) is 0 Å². The van der Waals surface area contributed by atoms with Crippen LogP contribution in [0.3, 0.4) is 0 Å². The topological polar surface area (TPSA) is 78.5 Å². The minimum absolute atomic E-state index is 0.0500. The standard InChI is InChI=1S/C20H21N3O3/c1-13(24)21-15-9-6-10-16(11-15)22-20(26)17-12-18(25)23(2)19(17)14-7-4-3-5-8-14/h3-11,17,19H,12H2,1-2H3,(H,21,24)(H,22,26)/t17-,19+/m1/s1. The molecular weight excluding hydrogens is 330 g/mol. The van der Waals surface area contributed by atoms with E-state index in [-0.39, 0.29) is 30.2 Å². The fourth-order valence-electron chi connectivity index (χ4n) is 3.32. The third-order valence-electron chi connectivity index (χ3n) is 4.51. The lowest BCUT2D eigenvalue weighted by molar-refractivity contribution is -0.128. The van der Waals surface area contributed by atoms with Gasteiger partial charge in [-0.1, -0.05) is 36.4 Å². The number of rotatable bonds is 4. The third-order valence-corrected chi connectivity index (χ3v) is 4.51. The SMILES string of the molecule is CC(=O)Nc1cccc(NC(=O)[C@@H]2CC(=O)N(C)[C@H]2c2ccccc2)c1. The summed E-state index contributed by atoms with van der Waals surface area (Å²) in [4.78, 5) is 37.9. The quantitative estimate of drug-likeness (QED) is 0.889. The Kier molecular flexibility index (Phi) is 5.02. The van der Waals surface area contributed by atoms with E-state index < -0.39 is 5.92 Å². The summed E-state index contributed by atoms with van der Waals surface area (Å²) in [7, 11) is 1.73. The minimum atomic E-state index is -0.473. The van der Waals surface area contributed by atoms with E-state index in [0.717, 1.165) is 5.56 Å². The van der Waals surface area contributed by atoms with Gasteiger partial charge in [-0.25, -0.2) is 0 Å². The molecule has 6 heteroatoms. The van der Waals surface area contributed by atoms with Crippen molar-refractivity contribution in [3.05, 3.63) is 60.2 Å². The van der Waals surface area contributed by atoms with Gasteiger partial charge in [-0.3, -0.25) is 14.4 Å². The number of likely N-dealkylation sites (tertiary alicyclic amines) is 1. The van der Waals surface area contributed by atoms with E-state index in [4.69, 9.17) is 0 Å². The largest absolute Gasteiger partial charge is 0.338 e. The predicted molar refractivity (Wildman–Crippen MR) is 99.4 cm³/mol. The van der Waals surface area contributed by atoms with E-state index >= 15 is 0 Å². The molecule has 1 aliphatic rings. The van der Waals surface area contributed by atoms with Crippen molar-refractivity contribution in [3.8, 4) is 0 Å². The van der Waals surface area contributed by atoms with Crippen LogP contribution in [0, 0.1) is 5.92 Å². The Morgan fingerprint density at radius 1 is 1.00 bits per heavy atom. The highest BCUT2D eigenvalue weighted by Crippen LogP contribution is 2.37. The number of hydrogen-bond acceptors (Lipinski definition) is 3. The van der Waals surface area contributed by atoms with Crippen molar-refractivity contribution in [2.24, 2.45) is 5.92 Å². The molecule has 0 aliphatic carbocycles. The molecule has 3 rings (SSSR count). The summed E-state index contributed by atoms with van der Waals surface area (Å²) in [5, 5.41) is 5.55. The summed E-state index contributed by atoms with van der Waals surface area (Å²) in [5.41, 5.74) is 2.12. The fourth-order valence-corrected chi connectivity index (χ4v) is 3.32. The number of anilines is 2. The number of hydrogen-bond donors (Lipinski definition) is 2. The highest BCUT2D eigenvalue weighted by molar-refractivity contribution is 5.98. The smallest absolute Gasteiger partial charge is 0.230 e. The van der Waals surface area contributed by atoms with Crippen molar-refractivity contribution in [2.45, 2.75) is 19.4 Å². The second-order valence-corrected chi connectivity index (χ2v) is 6.42. The Hall–Kier alpha value is -3.15. The van der Waals surface area contributed by atoms with Crippen molar-refractivity contribution in [1.82, 2.24) is 4.90 Å². The van der Waals surface area contributed by atoms with Gasteiger partial charge in [-0.15, -0.1) is 0 Å². The van der Waals surface area contributed by atoms with Gasteiger partial charge in [0.15, 0.2) is 0 Å². The minimum Gasteiger partial charge on any atom is -0.338 e. The second-order valence-electron chi connectivity index (χ2n) is 6.42. The molecule has 6 nitrogen and oxygen atoms in total. The monoisotopic (exact) mass is 351 g/mol. The predicted octanol–water partition coefficient (Wildman–Crippen LogP) is 2.80. The first kappa shape index (κ1) is 17.7. The van der Waals surface area contributed by atoms with Crippen molar-refractivity contribution < 1.29 is 14.4 Å². The maximum atomic E-state index is 12.8. The van der Waals surface area contributed by atoms with Gasteiger partial charge in [0.05, 0.1) is 12.0 Å². The molecule has 134 valence electrons. The average molecular weight is 351 g/mol. The number of amides is 3. The third kappa shape index (κ3) is 3.74. The van der Waals surface area contributed by atoms with Gasteiger partial charge >= 0.3 is 0 Å². The highest BCUT2D eigenvalue weighted by atomic mass is 16.2. The molecule has 26 heavy (non-hydrogen) atoms. The van der Waals surface area contributed by atoms with Gasteiger partial charge in [-0.05, 0) is 23.8 Å². The van der Waals surface area contributed by atoms with Crippen LogP contribution in [0.5, 0.6) is 0 Å². The zero-order valence-corrected chi connectivity index (χ0v) is 14.7. The van der Waals surface area contributed by atoms with Crippen LogP contribution in [0.15, 0.2) is 54.6 Å². The molecule has 2 atom stereocenters. The molecular formula is C20H21N3O3. The lowest BCUT2D eigenvalue weighted by Crippen LogP contribution is -2.30. The van der Waals surface area contributed by atoms with E-state index in [1.807, 2.05) is 30.3 Å². The van der Waals surface area contributed by atoms with Crippen LogP contribution in [0.2, 0.25) is 0 Å². The number of carbonyl (C=O) groups excluding carboxylic acids is 3. The molecule has 0 saturated carbocycles. The average Bonchev–Trinajstić information content (AvgIpc) is 2.91. The van der Waals surface area contributed by atoms with E-state index in [9.17, 15) is 14.4 Å². The molecule has 0 bridgehead atoms. The van der Waals surface area contributed by atoms with Crippen molar-refractivity contribution in [3.63, 3.8) is 0 Å². The summed E-state index contributed by atoms with van der Waals surface area (Å²) in [6, 6.07) is 16.2. The van der Waals surface area contributed by atoms with Crippen molar-refractivity contribution in [2.75, 3.05) is 17.7 Å². The van der Waals surface area contributed by atoms with Crippen molar-refractivity contribution in [1.29, 1.82) is 0 Å². The molecule has 3 amide bonds. The van der Waals surface area contributed by atoms with Gasteiger partial charge in [0.1, 0.15) is 0 Å². The van der Waals surface area contributed by atoms with Crippen LogP contribution >= 0.6 is 0 Å². The molecule has 2 aromatic rings. The zero-order valence-electron chi connectivity index (χ0n) is 14.7. The molecule has 0 spiro atoms. The Morgan fingerprint density at radius 2 is 1.65 bits per heavy atom. The highest BCUT2D eigenvalue weighted by Gasteiger charge is 2.42. The molecule has 2 aromatic carbocycles. The first-order chi connectivity index (χ1) is 12.5. The van der Waals surface area contributed by atoms with Gasteiger partial charge in [0, 0.05) is 31.8 Å².